The highest BCUT2D eigenvalue weighted by atomic mass is 35.5. The first-order valence-corrected chi connectivity index (χ1v) is 12.9. The van der Waals surface area contributed by atoms with Crippen molar-refractivity contribution in [2.24, 2.45) is 5.73 Å². The largest absolute Gasteiger partial charge is 0.382 e. The van der Waals surface area contributed by atoms with Gasteiger partial charge in [-0.05, 0) is 44.0 Å². The van der Waals surface area contributed by atoms with Gasteiger partial charge < -0.3 is 16.4 Å². The Kier molecular flexibility index (Phi) is 7.16. The molecule has 192 valence electrons. The number of amides is 1. The van der Waals surface area contributed by atoms with Crippen molar-refractivity contribution in [1.29, 1.82) is 0 Å². The number of carbonyl (C=O) groups excluding carboxylic acids is 1. The molecule has 0 radical (unpaired) electrons. The lowest BCUT2D eigenvalue weighted by molar-refractivity contribution is 0.0611. The van der Waals surface area contributed by atoms with Crippen molar-refractivity contribution in [2.45, 2.75) is 44.8 Å². The summed E-state index contributed by atoms with van der Waals surface area (Å²) in [5.74, 6) is -0.221. The van der Waals surface area contributed by atoms with Crippen LogP contribution in [0.2, 0.25) is 10.2 Å². The van der Waals surface area contributed by atoms with Crippen molar-refractivity contribution in [3.05, 3.63) is 33.6 Å². The molecule has 1 amide bonds. The molecule has 2 saturated heterocycles. The lowest BCUT2D eigenvalue weighted by Gasteiger charge is -2.47. The fourth-order valence-electron chi connectivity index (χ4n) is 5.44. The van der Waals surface area contributed by atoms with Crippen molar-refractivity contribution in [1.82, 2.24) is 35.2 Å². The number of piperazine rings is 1. The summed E-state index contributed by atoms with van der Waals surface area (Å²) in [5, 5.41) is 11.8. The normalized spacial score (nSPS) is 20.3. The molecule has 0 spiro atoms. The van der Waals surface area contributed by atoms with Gasteiger partial charge in [-0.25, -0.2) is 9.97 Å². The molecule has 2 aliphatic rings. The Labute approximate surface area is 219 Å². The van der Waals surface area contributed by atoms with E-state index in [0.29, 0.717) is 22.9 Å². The number of carbonyl (C=O) groups is 1. The number of fused-ring (bicyclic) bond motifs is 1. The molecule has 0 unspecified atom stereocenters. The number of aromatic amines is 1. The van der Waals surface area contributed by atoms with Gasteiger partial charge in [0, 0.05) is 38.3 Å². The average molecular weight is 533 g/mol. The molecule has 0 bridgehead atoms. The van der Waals surface area contributed by atoms with Gasteiger partial charge in [-0.15, -0.1) is 5.10 Å². The van der Waals surface area contributed by atoms with Crippen LogP contribution in [0, 0.1) is 0 Å². The Bertz CT molecular complexity index is 1260. The maximum absolute atomic E-state index is 11.5. The maximum Gasteiger partial charge on any atom is 0.271 e. The Balaban J connectivity index is 1.21. The van der Waals surface area contributed by atoms with Gasteiger partial charge in [0.2, 0.25) is 0 Å². The lowest BCUT2D eigenvalue weighted by Crippen LogP contribution is -2.58. The number of nitrogens with two attached hydrogens (primary N) is 2. The van der Waals surface area contributed by atoms with E-state index in [0.717, 1.165) is 75.1 Å². The number of halogens is 2. The van der Waals surface area contributed by atoms with Crippen LogP contribution >= 0.6 is 23.2 Å². The third-order valence-electron chi connectivity index (χ3n) is 7.34. The lowest BCUT2D eigenvalue weighted by atomic mass is 9.97. The summed E-state index contributed by atoms with van der Waals surface area (Å²) in [6, 6.07) is 4.83. The monoisotopic (exact) mass is 532 g/mol. The third kappa shape index (κ3) is 4.80. The van der Waals surface area contributed by atoms with E-state index in [2.05, 4.69) is 53.1 Å². The number of rotatable bonds is 6. The summed E-state index contributed by atoms with van der Waals surface area (Å²) in [6.45, 7) is 7.53. The van der Waals surface area contributed by atoms with Gasteiger partial charge in [-0.1, -0.05) is 41.4 Å². The van der Waals surface area contributed by atoms with E-state index in [4.69, 9.17) is 34.7 Å². The number of primary amides is 1. The highest BCUT2D eigenvalue weighted by Crippen LogP contribution is 2.30. The maximum atomic E-state index is 11.5. The van der Waals surface area contributed by atoms with Crippen LogP contribution in [0.25, 0.3) is 11.0 Å². The number of hydrogen-bond acceptors (Lipinski definition) is 9. The topological polar surface area (TPSA) is 146 Å². The quantitative estimate of drug-likeness (QED) is 0.434. The number of H-pyrrole nitrogens is 1. The van der Waals surface area contributed by atoms with Crippen LogP contribution in [0.3, 0.4) is 0 Å². The second-order valence-electron chi connectivity index (χ2n) is 9.43. The molecule has 5 rings (SSSR count). The number of nitrogens with one attached hydrogen (secondary N) is 1. The van der Waals surface area contributed by atoms with Crippen LogP contribution in [0.4, 0.5) is 11.6 Å². The van der Waals surface area contributed by atoms with Crippen molar-refractivity contribution >= 4 is 51.8 Å². The van der Waals surface area contributed by atoms with Gasteiger partial charge in [-0.3, -0.25) is 19.7 Å². The molecule has 1 atom stereocenters. The zero-order chi connectivity index (χ0) is 25.4. The molecule has 13 heteroatoms. The van der Waals surface area contributed by atoms with Gasteiger partial charge in [-0.2, -0.15) is 0 Å². The number of piperidine rings is 1. The number of benzene rings is 1. The van der Waals surface area contributed by atoms with Crippen LogP contribution < -0.4 is 16.4 Å². The molecular formula is C23H30Cl2N10O. The SMILES string of the molecule is CC[C@H]1CN(c2nc(N)c(C(N)=O)nc2Cl)CCN1C1CCN(Cc2ccc(Cl)c3nn[nH]c23)CC1. The highest BCUT2D eigenvalue weighted by molar-refractivity contribution is 6.35. The number of aromatic nitrogens is 5. The van der Waals surface area contributed by atoms with E-state index in [-0.39, 0.29) is 16.7 Å². The number of nitrogens with zero attached hydrogens (tertiary/aromatic N) is 7. The Morgan fingerprint density at radius 1 is 1.17 bits per heavy atom. The summed E-state index contributed by atoms with van der Waals surface area (Å²) < 4.78 is 0. The molecule has 2 aromatic heterocycles. The van der Waals surface area contributed by atoms with E-state index in [1.807, 2.05) is 6.07 Å². The van der Waals surface area contributed by atoms with E-state index in [9.17, 15) is 4.79 Å². The molecule has 5 N–H and O–H groups in total. The van der Waals surface area contributed by atoms with Crippen LogP contribution in [-0.2, 0) is 6.54 Å². The number of anilines is 2. The predicted molar refractivity (Wildman–Crippen MR) is 140 cm³/mol. The van der Waals surface area contributed by atoms with Crippen molar-refractivity contribution in [3.63, 3.8) is 0 Å². The van der Waals surface area contributed by atoms with Gasteiger partial charge in [0.1, 0.15) is 5.52 Å². The summed E-state index contributed by atoms with van der Waals surface area (Å²) in [5.41, 5.74) is 13.9. The first kappa shape index (κ1) is 24.9. The first-order valence-electron chi connectivity index (χ1n) is 12.2. The number of hydrogen-bond donors (Lipinski definition) is 3. The molecule has 11 nitrogen and oxygen atoms in total. The summed E-state index contributed by atoms with van der Waals surface area (Å²) in [7, 11) is 0. The predicted octanol–water partition coefficient (Wildman–Crippen LogP) is 2.30. The zero-order valence-electron chi connectivity index (χ0n) is 20.1. The van der Waals surface area contributed by atoms with Gasteiger partial charge >= 0.3 is 0 Å². The summed E-state index contributed by atoms with van der Waals surface area (Å²) >= 11 is 12.6. The van der Waals surface area contributed by atoms with Gasteiger partial charge in [0.25, 0.3) is 5.91 Å². The van der Waals surface area contributed by atoms with Crippen LogP contribution in [0.15, 0.2) is 12.1 Å². The highest BCUT2D eigenvalue weighted by Gasteiger charge is 2.34. The molecule has 2 fully saturated rings. The van der Waals surface area contributed by atoms with E-state index < -0.39 is 5.91 Å². The van der Waals surface area contributed by atoms with Crippen molar-refractivity contribution < 1.29 is 4.79 Å². The van der Waals surface area contributed by atoms with Crippen LogP contribution in [0.1, 0.15) is 42.2 Å². The molecule has 36 heavy (non-hydrogen) atoms. The second kappa shape index (κ2) is 10.3. The molecule has 3 aromatic rings. The smallest absolute Gasteiger partial charge is 0.271 e. The minimum Gasteiger partial charge on any atom is -0.382 e. The van der Waals surface area contributed by atoms with Crippen LogP contribution in [-0.4, -0.2) is 85.9 Å². The van der Waals surface area contributed by atoms with Crippen molar-refractivity contribution in [2.75, 3.05) is 43.4 Å². The van der Waals surface area contributed by atoms with Gasteiger partial charge in [0.05, 0.1) is 10.5 Å². The van der Waals surface area contributed by atoms with E-state index in [1.54, 1.807) is 0 Å². The minimum atomic E-state index is -0.738. The zero-order valence-corrected chi connectivity index (χ0v) is 21.6. The van der Waals surface area contributed by atoms with Crippen LogP contribution in [0.5, 0.6) is 0 Å². The molecule has 0 aliphatic carbocycles. The molecular weight excluding hydrogens is 503 g/mol. The molecule has 4 heterocycles. The molecule has 1 aromatic carbocycles. The standard InChI is InChI=1S/C23H30Cl2N10O/c1-2-14-12-34(23-20(25)28-19(22(27)36)21(26)29-23)9-10-35(14)15-5-7-33(8-6-15)11-13-3-4-16(24)18-17(13)30-32-31-18/h3-4,14-15H,2,5-12H2,1H3,(H2,26,29)(H2,27,36)(H,30,31,32)/t14-/m0/s1. The summed E-state index contributed by atoms with van der Waals surface area (Å²) in [6.07, 6.45) is 3.22. The second-order valence-corrected chi connectivity index (χ2v) is 10.2. The fourth-order valence-corrected chi connectivity index (χ4v) is 5.89. The van der Waals surface area contributed by atoms with E-state index in [1.165, 1.54) is 0 Å². The molecule has 0 saturated carbocycles. The average Bonchev–Trinajstić information content (AvgIpc) is 3.38. The molecule has 2 aliphatic heterocycles. The summed E-state index contributed by atoms with van der Waals surface area (Å²) in [4.78, 5) is 27.2. The number of likely N-dealkylation sites (tertiary alicyclic amines) is 1. The van der Waals surface area contributed by atoms with Crippen molar-refractivity contribution in [3.8, 4) is 0 Å². The number of nitrogen functional groups attached to an aromatic ring is 1. The Morgan fingerprint density at radius 2 is 1.94 bits per heavy atom. The minimum absolute atomic E-state index is 0.00799. The Hall–Kier alpha value is -2.73. The van der Waals surface area contributed by atoms with E-state index >= 15 is 0 Å². The Morgan fingerprint density at radius 3 is 2.67 bits per heavy atom. The fraction of sp³-hybridized carbons (Fsp3) is 0.522. The van der Waals surface area contributed by atoms with Gasteiger partial charge in [0.15, 0.2) is 22.5 Å². The third-order valence-corrected chi connectivity index (χ3v) is 7.90. The first-order chi connectivity index (χ1) is 17.4.